The van der Waals surface area contributed by atoms with E-state index in [4.69, 9.17) is 16.2 Å². The van der Waals surface area contributed by atoms with Crippen LogP contribution in [0.3, 0.4) is 0 Å². The number of nitrogens with zero attached hydrogens (tertiary/aromatic N) is 1. The molecule has 0 radical (unpaired) electrons. The van der Waals surface area contributed by atoms with E-state index in [0.717, 1.165) is 9.87 Å². The van der Waals surface area contributed by atoms with E-state index in [1.165, 1.54) is 7.11 Å². The Morgan fingerprint density at radius 2 is 1.90 bits per heavy atom. The van der Waals surface area contributed by atoms with Crippen LogP contribution < -0.4 is 11.5 Å². The zero-order valence-electron chi connectivity index (χ0n) is 12.0. The van der Waals surface area contributed by atoms with Crippen LogP contribution >= 0.6 is 0 Å². The van der Waals surface area contributed by atoms with Gasteiger partial charge in [0.05, 0.1) is 12.3 Å². The summed E-state index contributed by atoms with van der Waals surface area (Å²) in [6.45, 7) is 0.0732. The second kappa shape index (κ2) is 7.96. The first kappa shape index (κ1) is 17.4. The first-order valence-corrected chi connectivity index (χ1v) is 8.05. The third-order valence-corrected chi connectivity index (χ3v) is 4.66. The molecule has 4 N–H and O–H groups in total. The largest absolute Gasteiger partial charge is 0.399 e. The minimum absolute atomic E-state index is 0.0819. The zero-order chi connectivity index (χ0) is 15.9. The molecular weight excluding hydrogens is 294 g/mol. The van der Waals surface area contributed by atoms with Crippen molar-refractivity contribution in [3.63, 3.8) is 0 Å². The van der Waals surface area contributed by atoms with Gasteiger partial charge < -0.3 is 16.2 Å². The van der Waals surface area contributed by atoms with Crippen LogP contribution in [0.2, 0.25) is 0 Å². The highest BCUT2D eigenvalue weighted by molar-refractivity contribution is 7.89. The van der Waals surface area contributed by atoms with Gasteiger partial charge in [0.25, 0.3) is 0 Å². The van der Waals surface area contributed by atoms with Crippen molar-refractivity contribution in [3.05, 3.63) is 29.8 Å². The van der Waals surface area contributed by atoms with Crippen LogP contribution in [0, 0.1) is 0 Å². The summed E-state index contributed by atoms with van der Waals surface area (Å²) in [6, 6.07) is 6.78. The van der Waals surface area contributed by atoms with E-state index in [2.05, 4.69) is 0 Å². The van der Waals surface area contributed by atoms with Crippen LogP contribution in [0.25, 0.3) is 0 Å². The van der Waals surface area contributed by atoms with Crippen LogP contribution in [0.5, 0.6) is 0 Å². The maximum Gasteiger partial charge on any atom is 0.232 e. The molecule has 1 rings (SSSR count). The maximum atomic E-state index is 12.3. The lowest BCUT2D eigenvalue weighted by Gasteiger charge is -2.21. The van der Waals surface area contributed by atoms with Crippen LogP contribution in [0.4, 0.5) is 5.69 Å². The number of carbonyl (C=O) groups is 1. The van der Waals surface area contributed by atoms with Crippen molar-refractivity contribution in [2.24, 2.45) is 5.73 Å². The van der Waals surface area contributed by atoms with Gasteiger partial charge >= 0.3 is 0 Å². The summed E-state index contributed by atoms with van der Waals surface area (Å²) < 4.78 is 30.4. The number of nitrogens with two attached hydrogens (primary N) is 2. The average molecular weight is 315 g/mol. The van der Waals surface area contributed by atoms with Gasteiger partial charge in [-0.15, -0.1) is 0 Å². The fourth-order valence-corrected chi connectivity index (χ4v) is 3.18. The molecule has 0 bridgehead atoms. The average Bonchev–Trinajstić information content (AvgIpc) is 2.40. The molecule has 1 aromatic carbocycles. The third-order valence-electron chi connectivity index (χ3n) is 2.81. The van der Waals surface area contributed by atoms with Crippen molar-refractivity contribution in [2.75, 3.05) is 31.7 Å². The van der Waals surface area contributed by atoms with E-state index in [0.29, 0.717) is 18.7 Å². The molecule has 0 aliphatic heterocycles. The van der Waals surface area contributed by atoms with Crippen molar-refractivity contribution in [2.45, 2.75) is 13.0 Å². The van der Waals surface area contributed by atoms with E-state index in [9.17, 15) is 13.2 Å². The predicted octanol–water partition coefficient (Wildman–Crippen LogP) is -0.0776. The lowest BCUT2D eigenvalue weighted by molar-refractivity contribution is -0.118. The summed E-state index contributed by atoms with van der Waals surface area (Å²) in [4.78, 5) is 11.1. The fraction of sp³-hybridized carbons (Fsp3) is 0.462. The summed E-state index contributed by atoms with van der Waals surface area (Å²) in [7, 11) is -2.07. The molecule has 0 saturated carbocycles. The molecule has 1 aromatic rings. The molecular formula is C13H21N3O4S. The molecule has 0 atom stereocenters. The molecule has 0 spiro atoms. The molecule has 7 nitrogen and oxygen atoms in total. The van der Waals surface area contributed by atoms with E-state index in [1.807, 2.05) is 0 Å². The molecule has 0 unspecified atom stereocenters. The molecule has 0 aliphatic carbocycles. The predicted molar refractivity (Wildman–Crippen MR) is 80.7 cm³/mol. The van der Waals surface area contributed by atoms with Crippen LogP contribution in [-0.2, 0) is 26.1 Å². The summed E-state index contributed by atoms with van der Waals surface area (Å²) in [6.07, 6.45) is 0.357. The van der Waals surface area contributed by atoms with Crippen LogP contribution in [0.15, 0.2) is 24.3 Å². The normalized spacial score (nSPS) is 11.7. The van der Waals surface area contributed by atoms with Gasteiger partial charge in [-0.2, -0.15) is 4.31 Å². The fourth-order valence-electron chi connectivity index (χ4n) is 1.77. The van der Waals surface area contributed by atoms with Crippen molar-refractivity contribution in [1.82, 2.24) is 4.31 Å². The van der Waals surface area contributed by atoms with E-state index in [1.54, 1.807) is 24.3 Å². The van der Waals surface area contributed by atoms with Gasteiger partial charge in [-0.05, 0) is 24.1 Å². The number of rotatable bonds is 9. The molecule has 0 fully saturated rings. The Bertz CT molecular complexity index is 557. The maximum absolute atomic E-state index is 12.3. The number of hydrogen-bond acceptors (Lipinski definition) is 5. The lowest BCUT2D eigenvalue weighted by Crippen LogP contribution is -2.39. The highest BCUT2D eigenvalue weighted by atomic mass is 32.2. The Kier molecular flexibility index (Phi) is 6.60. The molecule has 1 amide bonds. The Labute approximate surface area is 124 Å². The number of carbonyl (C=O) groups excluding carboxylic acids is 1. The number of sulfonamides is 1. The first-order valence-electron chi connectivity index (χ1n) is 6.44. The third kappa shape index (κ3) is 6.11. The smallest absolute Gasteiger partial charge is 0.232 e. The quantitative estimate of drug-likeness (QED) is 0.488. The van der Waals surface area contributed by atoms with Gasteiger partial charge in [-0.3, -0.25) is 4.79 Å². The summed E-state index contributed by atoms with van der Waals surface area (Å²) in [5.74, 6) is -0.788. The topological polar surface area (TPSA) is 116 Å². The summed E-state index contributed by atoms with van der Waals surface area (Å²) in [5, 5.41) is 0. The van der Waals surface area contributed by atoms with E-state index < -0.39 is 15.9 Å². The highest BCUT2D eigenvalue weighted by Crippen LogP contribution is 2.12. The Balaban J connectivity index is 2.84. The Morgan fingerprint density at radius 1 is 1.29 bits per heavy atom. The number of methoxy groups -OCH3 is 1. The van der Waals surface area contributed by atoms with Crippen molar-refractivity contribution < 1.29 is 17.9 Å². The number of primary amides is 1. The van der Waals surface area contributed by atoms with Gasteiger partial charge in [-0.1, -0.05) is 12.1 Å². The number of anilines is 1. The van der Waals surface area contributed by atoms with Crippen LogP contribution in [-0.4, -0.2) is 44.6 Å². The molecule has 0 saturated heterocycles. The Morgan fingerprint density at radius 3 is 2.43 bits per heavy atom. The van der Waals surface area contributed by atoms with Crippen LogP contribution in [0.1, 0.15) is 12.0 Å². The number of ether oxygens (including phenoxy) is 1. The monoisotopic (exact) mass is 315 g/mol. The molecule has 0 aliphatic rings. The number of hydrogen-bond donors (Lipinski definition) is 2. The summed E-state index contributed by atoms with van der Waals surface area (Å²) >= 11 is 0. The van der Waals surface area contributed by atoms with Gasteiger partial charge in [0, 0.05) is 25.9 Å². The lowest BCUT2D eigenvalue weighted by atomic mass is 10.2. The molecule has 21 heavy (non-hydrogen) atoms. The minimum atomic E-state index is -3.58. The van der Waals surface area contributed by atoms with E-state index in [-0.39, 0.29) is 18.8 Å². The molecule has 8 heteroatoms. The highest BCUT2D eigenvalue weighted by Gasteiger charge is 2.23. The molecule has 0 aromatic heterocycles. The zero-order valence-corrected chi connectivity index (χ0v) is 12.8. The first-order chi connectivity index (χ1) is 9.85. The van der Waals surface area contributed by atoms with Gasteiger partial charge in [-0.25, -0.2) is 8.42 Å². The second-order valence-corrected chi connectivity index (χ2v) is 6.73. The molecule has 118 valence electrons. The molecule has 0 heterocycles. The van der Waals surface area contributed by atoms with Crippen molar-refractivity contribution >= 4 is 21.6 Å². The second-order valence-electron chi connectivity index (χ2n) is 4.64. The SMILES string of the molecule is COCCCS(=O)(=O)N(CC(N)=O)Cc1ccc(N)cc1. The van der Waals surface area contributed by atoms with Gasteiger partial charge in [0.15, 0.2) is 0 Å². The number of nitrogen functional groups attached to an aromatic ring is 1. The number of amides is 1. The van der Waals surface area contributed by atoms with E-state index >= 15 is 0 Å². The standard InChI is InChI=1S/C13H21N3O4S/c1-20-7-2-8-21(18,19)16(10-13(15)17)9-11-3-5-12(14)6-4-11/h3-6H,2,7-10,14H2,1H3,(H2,15,17). The van der Waals surface area contributed by atoms with Gasteiger partial charge in [0.1, 0.15) is 0 Å². The van der Waals surface area contributed by atoms with Crippen molar-refractivity contribution in [3.8, 4) is 0 Å². The minimum Gasteiger partial charge on any atom is -0.399 e. The Hall–Kier alpha value is -1.64. The van der Waals surface area contributed by atoms with Crippen molar-refractivity contribution in [1.29, 1.82) is 0 Å². The van der Waals surface area contributed by atoms with Gasteiger partial charge in [0.2, 0.25) is 15.9 Å². The summed E-state index contributed by atoms with van der Waals surface area (Å²) in [5.41, 5.74) is 12.0. The number of benzene rings is 1.